The largest absolute Gasteiger partial charge is 0.496 e. The van der Waals surface area contributed by atoms with Gasteiger partial charge in [0.1, 0.15) is 23.0 Å². The molecule has 10 heteroatoms. The number of nitrogens with zero attached hydrogens (tertiary/aromatic N) is 5. The topological polar surface area (TPSA) is 125 Å². The van der Waals surface area contributed by atoms with E-state index in [9.17, 15) is 14.7 Å². The SMILES string of the molecule is COc1ccccc1CCc1nn(C(C)(C)C(=O)O)c(=O)c2c1nc(-c1ncco1)n2C. The number of oxazole rings is 1. The van der Waals surface area contributed by atoms with Crippen molar-refractivity contribution in [3.63, 3.8) is 0 Å². The van der Waals surface area contributed by atoms with Crippen molar-refractivity contribution in [2.45, 2.75) is 32.2 Å². The van der Waals surface area contributed by atoms with Gasteiger partial charge in [-0.1, -0.05) is 18.2 Å². The highest BCUT2D eigenvalue weighted by molar-refractivity contribution is 5.81. The number of carbonyl (C=O) groups is 1. The number of imidazole rings is 1. The van der Waals surface area contributed by atoms with Crippen molar-refractivity contribution in [1.82, 2.24) is 24.3 Å². The lowest BCUT2D eigenvalue weighted by molar-refractivity contribution is -0.146. The van der Waals surface area contributed by atoms with Crippen LogP contribution >= 0.6 is 0 Å². The molecule has 0 fully saturated rings. The van der Waals surface area contributed by atoms with Crippen LogP contribution in [0.3, 0.4) is 0 Å². The number of methoxy groups -OCH3 is 1. The van der Waals surface area contributed by atoms with Gasteiger partial charge in [-0.05, 0) is 38.3 Å². The Morgan fingerprint density at radius 3 is 2.66 bits per heavy atom. The Morgan fingerprint density at radius 1 is 1.25 bits per heavy atom. The number of rotatable bonds is 7. The van der Waals surface area contributed by atoms with Gasteiger partial charge in [-0.25, -0.2) is 19.4 Å². The molecule has 0 saturated carbocycles. The van der Waals surface area contributed by atoms with Crippen LogP contribution < -0.4 is 10.3 Å². The third-order valence-corrected chi connectivity index (χ3v) is 5.48. The minimum Gasteiger partial charge on any atom is -0.496 e. The summed E-state index contributed by atoms with van der Waals surface area (Å²) < 4.78 is 13.4. The van der Waals surface area contributed by atoms with E-state index in [0.717, 1.165) is 16.0 Å². The number of ether oxygens (including phenoxy) is 1. The van der Waals surface area contributed by atoms with Crippen molar-refractivity contribution in [2.75, 3.05) is 7.11 Å². The lowest BCUT2D eigenvalue weighted by atomic mass is 10.0. The lowest BCUT2D eigenvalue weighted by Gasteiger charge is -2.22. The number of para-hydroxylation sites is 1. The molecule has 0 amide bonds. The number of carboxylic acid groups (broad SMARTS) is 1. The smallest absolute Gasteiger partial charge is 0.331 e. The average molecular weight is 437 g/mol. The van der Waals surface area contributed by atoms with E-state index in [1.807, 2.05) is 24.3 Å². The molecular formula is C22H23N5O5. The van der Waals surface area contributed by atoms with Gasteiger partial charge in [-0.2, -0.15) is 5.10 Å². The minimum absolute atomic E-state index is 0.234. The highest BCUT2D eigenvalue weighted by Crippen LogP contribution is 2.25. The van der Waals surface area contributed by atoms with Gasteiger partial charge in [0.25, 0.3) is 11.4 Å². The fourth-order valence-electron chi connectivity index (χ4n) is 3.58. The molecule has 0 aliphatic rings. The molecule has 4 rings (SSSR count). The molecule has 0 bridgehead atoms. The third kappa shape index (κ3) is 3.43. The summed E-state index contributed by atoms with van der Waals surface area (Å²) in [6, 6.07) is 7.62. The van der Waals surface area contributed by atoms with Gasteiger partial charge < -0.3 is 18.8 Å². The summed E-state index contributed by atoms with van der Waals surface area (Å²) >= 11 is 0. The quantitative estimate of drug-likeness (QED) is 0.467. The monoisotopic (exact) mass is 437 g/mol. The summed E-state index contributed by atoms with van der Waals surface area (Å²) in [5.41, 5.74) is -0.0354. The number of aryl methyl sites for hydroxylation is 3. The van der Waals surface area contributed by atoms with Crippen LogP contribution in [0.4, 0.5) is 0 Å². The van der Waals surface area contributed by atoms with Crippen LogP contribution in [0, 0.1) is 0 Å². The molecule has 1 aromatic carbocycles. The van der Waals surface area contributed by atoms with Gasteiger partial charge in [0.05, 0.1) is 19.0 Å². The number of carboxylic acids is 1. The Labute approximate surface area is 183 Å². The lowest BCUT2D eigenvalue weighted by Crippen LogP contribution is -2.45. The molecule has 0 spiro atoms. The Bertz CT molecular complexity index is 1350. The zero-order valence-corrected chi connectivity index (χ0v) is 18.2. The summed E-state index contributed by atoms with van der Waals surface area (Å²) in [7, 11) is 3.27. The van der Waals surface area contributed by atoms with Crippen LogP contribution in [0.1, 0.15) is 25.1 Å². The van der Waals surface area contributed by atoms with Gasteiger partial charge in [0.2, 0.25) is 0 Å². The van der Waals surface area contributed by atoms with Crippen LogP contribution in [0.25, 0.3) is 22.7 Å². The molecule has 166 valence electrons. The van der Waals surface area contributed by atoms with Crippen molar-refractivity contribution >= 4 is 17.0 Å². The second kappa shape index (κ2) is 7.95. The predicted molar refractivity (Wildman–Crippen MR) is 116 cm³/mol. The van der Waals surface area contributed by atoms with E-state index in [2.05, 4.69) is 15.1 Å². The van der Waals surface area contributed by atoms with E-state index in [-0.39, 0.29) is 11.4 Å². The standard InChI is InChI=1S/C22H23N5O5/c1-22(2,21(29)30)27-20(28)17-16(24-18(26(17)3)19-23-11-12-32-19)14(25-27)10-9-13-7-5-6-8-15(13)31-4/h5-8,11-12H,9-10H2,1-4H3,(H,29,30). The second-order valence-corrected chi connectivity index (χ2v) is 7.87. The maximum atomic E-state index is 13.3. The van der Waals surface area contributed by atoms with Gasteiger partial charge in [0.15, 0.2) is 11.4 Å². The zero-order valence-electron chi connectivity index (χ0n) is 18.2. The number of fused-ring (bicyclic) bond motifs is 1. The highest BCUT2D eigenvalue weighted by atomic mass is 16.5. The van der Waals surface area contributed by atoms with Crippen LogP contribution in [0.2, 0.25) is 0 Å². The molecule has 0 aliphatic heterocycles. The summed E-state index contributed by atoms with van der Waals surface area (Å²) in [5, 5.41) is 14.2. The molecular weight excluding hydrogens is 414 g/mol. The molecule has 0 aliphatic carbocycles. The van der Waals surface area contributed by atoms with Crippen LogP contribution in [-0.4, -0.2) is 42.5 Å². The summed E-state index contributed by atoms with van der Waals surface area (Å²) in [6.45, 7) is 2.87. The first-order valence-corrected chi connectivity index (χ1v) is 10.00. The predicted octanol–water partition coefficient (Wildman–Crippen LogP) is 2.40. The van der Waals surface area contributed by atoms with Crippen LogP contribution in [0.5, 0.6) is 5.75 Å². The zero-order chi connectivity index (χ0) is 23.0. The van der Waals surface area contributed by atoms with E-state index < -0.39 is 17.1 Å². The number of hydrogen-bond donors (Lipinski definition) is 1. The van der Waals surface area contributed by atoms with E-state index in [4.69, 9.17) is 9.15 Å². The fourth-order valence-corrected chi connectivity index (χ4v) is 3.58. The Balaban J connectivity index is 1.92. The van der Waals surface area contributed by atoms with Gasteiger partial charge in [-0.3, -0.25) is 4.79 Å². The molecule has 0 atom stereocenters. The number of benzene rings is 1. The van der Waals surface area contributed by atoms with E-state index in [1.165, 1.54) is 26.3 Å². The fraction of sp³-hybridized carbons (Fsp3) is 0.318. The minimum atomic E-state index is -1.56. The Hall–Kier alpha value is -3.95. The van der Waals surface area contributed by atoms with Crippen LogP contribution in [-0.2, 0) is 30.2 Å². The molecule has 3 aromatic heterocycles. The van der Waals surface area contributed by atoms with Crippen LogP contribution in [0.15, 0.2) is 45.9 Å². The average Bonchev–Trinajstić information content (AvgIpc) is 3.41. The number of aliphatic carboxylic acids is 1. The molecule has 10 nitrogen and oxygen atoms in total. The third-order valence-electron chi connectivity index (χ3n) is 5.48. The molecule has 0 radical (unpaired) electrons. The van der Waals surface area contributed by atoms with E-state index >= 15 is 0 Å². The maximum Gasteiger partial charge on any atom is 0.331 e. The highest BCUT2D eigenvalue weighted by Gasteiger charge is 2.34. The van der Waals surface area contributed by atoms with E-state index in [1.54, 1.807) is 18.7 Å². The molecule has 4 aromatic rings. The normalized spacial score (nSPS) is 11.8. The first-order valence-electron chi connectivity index (χ1n) is 10.00. The first-order chi connectivity index (χ1) is 15.3. The summed E-state index contributed by atoms with van der Waals surface area (Å²) in [4.78, 5) is 33.9. The molecule has 0 saturated heterocycles. The Morgan fingerprint density at radius 2 is 2.00 bits per heavy atom. The van der Waals surface area contributed by atoms with Gasteiger partial charge >= 0.3 is 5.97 Å². The van der Waals surface area contributed by atoms with Crippen molar-refractivity contribution < 1.29 is 19.1 Å². The van der Waals surface area contributed by atoms with Crippen molar-refractivity contribution in [1.29, 1.82) is 0 Å². The maximum absolute atomic E-state index is 13.3. The van der Waals surface area contributed by atoms with Gasteiger partial charge in [0, 0.05) is 7.05 Å². The van der Waals surface area contributed by atoms with Gasteiger partial charge in [-0.15, -0.1) is 0 Å². The van der Waals surface area contributed by atoms with Crippen molar-refractivity contribution in [3.05, 3.63) is 58.3 Å². The van der Waals surface area contributed by atoms with Crippen molar-refractivity contribution in [2.24, 2.45) is 7.05 Å². The summed E-state index contributed by atoms with van der Waals surface area (Å²) in [5.74, 6) is 0.179. The first kappa shape index (κ1) is 21.3. The molecule has 32 heavy (non-hydrogen) atoms. The molecule has 1 N–H and O–H groups in total. The van der Waals surface area contributed by atoms with Crippen molar-refractivity contribution in [3.8, 4) is 17.5 Å². The number of hydrogen-bond acceptors (Lipinski definition) is 7. The van der Waals surface area contributed by atoms with E-state index in [0.29, 0.717) is 29.9 Å². The second-order valence-electron chi connectivity index (χ2n) is 7.87. The molecule has 0 unspecified atom stereocenters. The Kier molecular flexibility index (Phi) is 5.29. The molecule has 3 heterocycles. The summed E-state index contributed by atoms with van der Waals surface area (Å²) in [6.07, 6.45) is 3.88. The number of aromatic nitrogens is 5.